The third-order valence-electron chi connectivity index (χ3n) is 4.77. The second-order valence-corrected chi connectivity index (χ2v) is 7.00. The van der Waals surface area contributed by atoms with Gasteiger partial charge in [-0.25, -0.2) is 0 Å². The molecule has 1 saturated heterocycles. The Morgan fingerprint density at radius 1 is 1.11 bits per heavy atom. The van der Waals surface area contributed by atoms with Crippen LogP contribution in [0.5, 0.6) is 5.75 Å². The first kappa shape index (κ1) is 21.2. The predicted molar refractivity (Wildman–Crippen MR) is 106 cm³/mol. The van der Waals surface area contributed by atoms with Gasteiger partial charge in [0.25, 0.3) is 0 Å². The van der Waals surface area contributed by atoms with Crippen LogP contribution >= 0.6 is 0 Å². The Labute approximate surface area is 162 Å². The number of nitrogens with zero attached hydrogens (tertiary/aromatic N) is 3. The summed E-state index contributed by atoms with van der Waals surface area (Å²) in [5.74, 6) is 0.761. The first-order valence-electron chi connectivity index (χ1n) is 9.60. The van der Waals surface area contributed by atoms with Gasteiger partial charge in [0.05, 0.1) is 20.2 Å². The van der Waals surface area contributed by atoms with Crippen molar-refractivity contribution in [3.63, 3.8) is 0 Å². The summed E-state index contributed by atoms with van der Waals surface area (Å²) in [6, 6.07) is 8.15. The molecule has 0 radical (unpaired) electrons. The van der Waals surface area contributed by atoms with Crippen molar-refractivity contribution in [2.75, 3.05) is 60.0 Å². The number of ether oxygens (including phenoxy) is 1. The van der Waals surface area contributed by atoms with Gasteiger partial charge >= 0.3 is 0 Å². The highest BCUT2D eigenvalue weighted by Crippen LogP contribution is 2.14. The summed E-state index contributed by atoms with van der Waals surface area (Å²) in [5.41, 5.74) is 1.26. The minimum Gasteiger partial charge on any atom is -0.497 e. The number of amides is 2. The second-order valence-electron chi connectivity index (χ2n) is 7.00. The van der Waals surface area contributed by atoms with E-state index in [1.54, 1.807) is 14.2 Å². The molecule has 7 nitrogen and oxygen atoms in total. The molecule has 0 bridgehead atoms. The molecule has 150 valence electrons. The van der Waals surface area contributed by atoms with E-state index >= 15 is 0 Å². The van der Waals surface area contributed by atoms with Gasteiger partial charge in [0.15, 0.2) is 0 Å². The number of rotatable bonds is 9. The highest BCUT2D eigenvalue weighted by Gasteiger charge is 2.21. The van der Waals surface area contributed by atoms with E-state index in [1.165, 1.54) is 10.5 Å². The molecule has 1 aliphatic rings. The third kappa shape index (κ3) is 7.19. The average molecular weight is 377 g/mol. The monoisotopic (exact) mass is 376 g/mol. The highest BCUT2D eigenvalue weighted by atomic mass is 16.5. The fourth-order valence-electron chi connectivity index (χ4n) is 3.03. The van der Waals surface area contributed by atoms with Crippen LogP contribution in [0, 0.1) is 0 Å². The first-order valence-corrected chi connectivity index (χ1v) is 9.60. The van der Waals surface area contributed by atoms with Crippen molar-refractivity contribution in [1.82, 2.24) is 20.0 Å². The van der Waals surface area contributed by atoms with Crippen molar-refractivity contribution in [3.05, 3.63) is 29.8 Å². The lowest BCUT2D eigenvalue weighted by atomic mass is 10.2. The van der Waals surface area contributed by atoms with Crippen LogP contribution in [-0.4, -0.2) is 86.5 Å². The third-order valence-corrected chi connectivity index (χ3v) is 4.77. The molecule has 1 heterocycles. The van der Waals surface area contributed by atoms with E-state index in [4.69, 9.17) is 4.74 Å². The van der Waals surface area contributed by atoms with E-state index in [1.807, 2.05) is 19.1 Å². The highest BCUT2D eigenvalue weighted by molar-refractivity contribution is 5.85. The number of piperazine rings is 1. The van der Waals surface area contributed by atoms with Crippen LogP contribution in [0.3, 0.4) is 0 Å². The van der Waals surface area contributed by atoms with Gasteiger partial charge in [-0.15, -0.1) is 0 Å². The first-order chi connectivity index (χ1) is 13.0. The molecule has 1 aromatic carbocycles. The molecule has 1 N–H and O–H groups in total. The van der Waals surface area contributed by atoms with Crippen LogP contribution in [-0.2, 0) is 16.1 Å². The van der Waals surface area contributed by atoms with E-state index in [-0.39, 0.29) is 18.4 Å². The summed E-state index contributed by atoms with van der Waals surface area (Å²) in [7, 11) is 3.36. The maximum Gasteiger partial charge on any atom is 0.239 e. The fourth-order valence-corrected chi connectivity index (χ4v) is 3.03. The van der Waals surface area contributed by atoms with E-state index in [0.717, 1.165) is 44.9 Å². The Hall–Kier alpha value is -2.12. The Morgan fingerprint density at radius 2 is 1.74 bits per heavy atom. The molecule has 1 aliphatic heterocycles. The summed E-state index contributed by atoms with van der Waals surface area (Å²) in [6.45, 7) is 7.63. The zero-order valence-electron chi connectivity index (χ0n) is 16.7. The Morgan fingerprint density at radius 3 is 2.33 bits per heavy atom. The molecule has 27 heavy (non-hydrogen) atoms. The molecular formula is C20H32N4O3. The molecule has 0 spiro atoms. The van der Waals surface area contributed by atoms with E-state index < -0.39 is 0 Å². The van der Waals surface area contributed by atoms with Crippen molar-refractivity contribution in [1.29, 1.82) is 0 Å². The lowest BCUT2D eigenvalue weighted by Gasteiger charge is -2.35. The van der Waals surface area contributed by atoms with Gasteiger partial charge in [-0.2, -0.15) is 0 Å². The van der Waals surface area contributed by atoms with Crippen LogP contribution in [0.4, 0.5) is 0 Å². The number of hydrogen-bond acceptors (Lipinski definition) is 5. The molecule has 0 aliphatic carbocycles. The molecule has 2 rings (SSSR count). The van der Waals surface area contributed by atoms with Crippen LogP contribution in [0.25, 0.3) is 0 Å². The second kappa shape index (κ2) is 10.9. The number of nitrogens with one attached hydrogen (secondary N) is 1. The van der Waals surface area contributed by atoms with E-state index in [9.17, 15) is 9.59 Å². The minimum absolute atomic E-state index is 0.00903. The average Bonchev–Trinajstić information content (AvgIpc) is 2.68. The lowest BCUT2D eigenvalue weighted by molar-refractivity contribution is -0.136. The van der Waals surface area contributed by atoms with Gasteiger partial charge in [0.1, 0.15) is 5.75 Å². The molecular weight excluding hydrogens is 344 g/mol. The molecule has 0 atom stereocenters. The minimum atomic E-state index is -0.1000. The number of carbonyl (C=O) groups is 2. The fraction of sp³-hybridized carbons (Fsp3) is 0.600. The van der Waals surface area contributed by atoms with Gasteiger partial charge in [0.2, 0.25) is 11.8 Å². The molecule has 7 heteroatoms. The zero-order chi connectivity index (χ0) is 19.6. The normalized spacial score (nSPS) is 15.4. The Bertz CT molecular complexity index is 598. The quantitative estimate of drug-likeness (QED) is 0.691. The maximum atomic E-state index is 12.3. The summed E-state index contributed by atoms with van der Waals surface area (Å²) < 4.78 is 5.19. The summed E-state index contributed by atoms with van der Waals surface area (Å²) in [4.78, 5) is 30.1. The predicted octanol–water partition coefficient (Wildman–Crippen LogP) is 0.797. The van der Waals surface area contributed by atoms with Crippen molar-refractivity contribution >= 4 is 11.8 Å². The zero-order valence-corrected chi connectivity index (χ0v) is 16.7. The number of methoxy groups -OCH3 is 1. The van der Waals surface area contributed by atoms with Gasteiger partial charge in [-0.1, -0.05) is 19.1 Å². The standard InChI is InChI=1S/C20H32N4O3/c1-4-9-21-19(25)15-22(2)20(26)16-24-12-10-23(11-13-24)14-17-5-7-18(27-3)8-6-17/h5-8H,4,9-16H2,1-3H3,(H,21,25). The number of benzene rings is 1. The SMILES string of the molecule is CCCNC(=O)CN(C)C(=O)CN1CCN(Cc2ccc(OC)cc2)CC1. The van der Waals surface area contributed by atoms with Crippen LogP contribution in [0.2, 0.25) is 0 Å². The van der Waals surface area contributed by atoms with Crippen LogP contribution < -0.4 is 10.1 Å². The molecule has 1 fully saturated rings. The van der Waals surface area contributed by atoms with Gasteiger partial charge in [0, 0.05) is 46.3 Å². The van der Waals surface area contributed by atoms with E-state index in [2.05, 4.69) is 27.2 Å². The smallest absolute Gasteiger partial charge is 0.239 e. The Kier molecular flexibility index (Phi) is 8.54. The number of likely N-dealkylation sites (N-methyl/N-ethyl adjacent to an activating group) is 1. The Balaban J connectivity index is 1.70. The number of hydrogen-bond donors (Lipinski definition) is 1. The summed E-state index contributed by atoms with van der Waals surface area (Å²) >= 11 is 0. The van der Waals surface area contributed by atoms with Crippen molar-refractivity contribution in [3.8, 4) is 5.75 Å². The molecule has 2 amide bonds. The molecule has 0 unspecified atom stereocenters. The number of carbonyl (C=O) groups excluding carboxylic acids is 2. The maximum absolute atomic E-state index is 12.3. The van der Waals surface area contributed by atoms with Crippen molar-refractivity contribution in [2.45, 2.75) is 19.9 Å². The summed E-state index contributed by atoms with van der Waals surface area (Å²) in [5, 5.41) is 2.80. The van der Waals surface area contributed by atoms with E-state index in [0.29, 0.717) is 13.1 Å². The topological polar surface area (TPSA) is 65.1 Å². The van der Waals surface area contributed by atoms with Gasteiger partial charge in [-0.3, -0.25) is 19.4 Å². The van der Waals surface area contributed by atoms with Gasteiger partial charge < -0.3 is 15.0 Å². The van der Waals surface area contributed by atoms with Crippen LogP contribution in [0.15, 0.2) is 24.3 Å². The molecule has 1 aromatic rings. The van der Waals surface area contributed by atoms with Crippen molar-refractivity contribution in [2.24, 2.45) is 0 Å². The van der Waals surface area contributed by atoms with Crippen LogP contribution in [0.1, 0.15) is 18.9 Å². The summed E-state index contributed by atoms with van der Waals surface area (Å²) in [6.07, 6.45) is 0.893. The molecule has 0 saturated carbocycles. The lowest BCUT2D eigenvalue weighted by Crippen LogP contribution is -2.50. The van der Waals surface area contributed by atoms with Crippen molar-refractivity contribution < 1.29 is 14.3 Å². The molecule has 0 aromatic heterocycles. The largest absolute Gasteiger partial charge is 0.497 e. The van der Waals surface area contributed by atoms with Gasteiger partial charge in [-0.05, 0) is 24.1 Å².